The Hall–Kier alpha value is -1.87. The van der Waals surface area contributed by atoms with Crippen LogP contribution in [-0.4, -0.2) is 24.2 Å². The smallest absolute Gasteiger partial charge is 0.127 e. The molecule has 3 nitrogen and oxygen atoms in total. The number of aromatic nitrogens is 1. The molecule has 1 N–H and O–H groups in total. The van der Waals surface area contributed by atoms with Crippen LogP contribution in [0.4, 0.5) is 5.82 Å². The molecule has 1 heterocycles. The van der Waals surface area contributed by atoms with Gasteiger partial charge in [-0.1, -0.05) is 36.4 Å². The van der Waals surface area contributed by atoms with Crippen LogP contribution >= 0.6 is 0 Å². The standard InChI is InChI=1S/C14H16N2O/c1-16(2)13-9-8-12(10-15-13)14(17)11-6-4-3-5-7-11/h3-10,14,17H,1-2H3/t14-/m0/s1. The lowest BCUT2D eigenvalue weighted by atomic mass is 10.0. The summed E-state index contributed by atoms with van der Waals surface area (Å²) in [7, 11) is 3.88. The first-order chi connectivity index (χ1) is 8.18. The number of nitrogens with zero attached hydrogens (tertiary/aromatic N) is 2. The van der Waals surface area contributed by atoms with Crippen LogP contribution in [-0.2, 0) is 0 Å². The van der Waals surface area contributed by atoms with Gasteiger partial charge in [0.2, 0.25) is 0 Å². The Bertz CT molecular complexity index is 465. The van der Waals surface area contributed by atoms with Gasteiger partial charge in [0.25, 0.3) is 0 Å². The molecule has 0 unspecified atom stereocenters. The summed E-state index contributed by atoms with van der Waals surface area (Å²) in [5.74, 6) is 0.883. The summed E-state index contributed by atoms with van der Waals surface area (Å²) in [6.45, 7) is 0. The second-order valence-corrected chi connectivity index (χ2v) is 4.16. The highest BCUT2D eigenvalue weighted by Crippen LogP contribution is 2.21. The normalized spacial score (nSPS) is 12.2. The molecule has 3 heteroatoms. The number of pyridine rings is 1. The molecule has 0 aliphatic carbocycles. The molecule has 0 aliphatic heterocycles. The average molecular weight is 228 g/mol. The molecule has 0 amide bonds. The maximum Gasteiger partial charge on any atom is 0.127 e. The Morgan fingerprint density at radius 2 is 1.71 bits per heavy atom. The largest absolute Gasteiger partial charge is 0.384 e. The SMILES string of the molecule is CN(C)c1ccc([C@@H](O)c2ccccc2)cn1. The van der Waals surface area contributed by atoms with E-state index in [9.17, 15) is 5.11 Å². The van der Waals surface area contributed by atoms with Crippen LogP contribution in [0, 0.1) is 0 Å². The van der Waals surface area contributed by atoms with Crippen LogP contribution in [0.15, 0.2) is 48.7 Å². The molecule has 0 aliphatic rings. The van der Waals surface area contributed by atoms with Gasteiger partial charge in [-0.05, 0) is 11.6 Å². The van der Waals surface area contributed by atoms with E-state index < -0.39 is 6.10 Å². The molecular formula is C14H16N2O. The predicted octanol–water partition coefficient (Wildman–Crippen LogP) is 2.23. The van der Waals surface area contributed by atoms with Crippen molar-refractivity contribution in [3.8, 4) is 0 Å². The third kappa shape index (κ3) is 2.63. The lowest BCUT2D eigenvalue weighted by Gasteiger charge is -2.14. The first-order valence-electron chi connectivity index (χ1n) is 5.55. The van der Waals surface area contributed by atoms with Crippen LogP contribution in [0.5, 0.6) is 0 Å². The van der Waals surface area contributed by atoms with E-state index in [2.05, 4.69) is 4.98 Å². The number of anilines is 1. The topological polar surface area (TPSA) is 36.4 Å². The predicted molar refractivity (Wildman–Crippen MR) is 69.1 cm³/mol. The van der Waals surface area contributed by atoms with Crippen LogP contribution in [0.25, 0.3) is 0 Å². The molecule has 0 fully saturated rings. The van der Waals surface area contributed by atoms with Gasteiger partial charge in [0, 0.05) is 25.9 Å². The molecule has 1 aromatic carbocycles. The highest BCUT2D eigenvalue weighted by molar-refractivity contribution is 5.39. The quantitative estimate of drug-likeness (QED) is 0.875. The van der Waals surface area contributed by atoms with E-state index in [0.717, 1.165) is 16.9 Å². The van der Waals surface area contributed by atoms with Crippen molar-refractivity contribution in [3.05, 3.63) is 59.8 Å². The average Bonchev–Trinajstić information content (AvgIpc) is 2.39. The van der Waals surface area contributed by atoms with Gasteiger partial charge in [0.15, 0.2) is 0 Å². The maximum absolute atomic E-state index is 10.2. The van der Waals surface area contributed by atoms with Gasteiger partial charge in [-0.15, -0.1) is 0 Å². The minimum Gasteiger partial charge on any atom is -0.384 e. The van der Waals surface area contributed by atoms with Gasteiger partial charge in [0.1, 0.15) is 11.9 Å². The summed E-state index contributed by atoms with van der Waals surface area (Å²) in [6.07, 6.45) is 1.10. The van der Waals surface area contributed by atoms with Gasteiger partial charge < -0.3 is 10.0 Å². The van der Waals surface area contributed by atoms with Crippen molar-refractivity contribution in [2.45, 2.75) is 6.10 Å². The Labute approximate surface area is 101 Å². The number of aliphatic hydroxyl groups excluding tert-OH is 1. The fourth-order valence-electron chi connectivity index (χ4n) is 1.65. The molecule has 88 valence electrons. The minimum absolute atomic E-state index is 0.611. The summed E-state index contributed by atoms with van der Waals surface area (Å²) in [4.78, 5) is 6.22. The van der Waals surface area contributed by atoms with E-state index >= 15 is 0 Å². The number of rotatable bonds is 3. The second-order valence-electron chi connectivity index (χ2n) is 4.16. The van der Waals surface area contributed by atoms with Crippen molar-refractivity contribution in [2.75, 3.05) is 19.0 Å². The molecule has 1 aromatic heterocycles. The van der Waals surface area contributed by atoms with Crippen molar-refractivity contribution in [1.82, 2.24) is 4.98 Å². The van der Waals surface area contributed by atoms with Crippen molar-refractivity contribution in [3.63, 3.8) is 0 Å². The van der Waals surface area contributed by atoms with Crippen molar-refractivity contribution in [1.29, 1.82) is 0 Å². The van der Waals surface area contributed by atoms with E-state index in [1.165, 1.54) is 0 Å². The molecule has 17 heavy (non-hydrogen) atoms. The van der Waals surface area contributed by atoms with Gasteiger partial charge in [-0.2, -0.15) is 0 Å². The zero-order valence-electron chi connectivity index (χ0n) is 10.0. The first kappa shape index (κ1) is 11.6. The molecule has 0 saturated heterocycles. The van der Waals surface area contributed by atoms with E-state index in [1.54, 1.807) is 6.20 Å². The fourth-order valence-corrected chi connectivity index (χ4v) is 1.65. The van der Waals surface area contributed by atoms with E-state index in [1.807, 2.05) is 61.5 Å². The van der Waals surface area contributed by atoms with Crippen molar-refractivity contribution < 1.29 is 5.11 Å². The highest BCUT2D eigenvalue weighted by Gasteiger charge is 2.10. The molecule has 0 saturated carbocycles. The monoisotopic (exact) mass is 228 g/mol. The lowest BCUT2D eigenvalue weighted by molar-refractivity contribution is 0.220. The summed E-state index contributed by atoms with van der Waals surface area (Å²) in [5, 5.41) is 10.2. The first-order valence-corrected chi connectivity index (χ1v) is 5.55. The molecule has 2 aromatic rings. The Kier molecular flexibility index (Phi) is 3.40. The highest BCUT2D eigenvalue weighted by atomic mass is 16.3. The number of benzene rings is 1. The molecule has 2 rings (SSSR count). The Balaban J connectivity index is 2.23. The van der Waals surface area contributed by atoms with E-state index in [4.69, 9.17) is 0 Å². The van der Waals surface area contributed by atoms with Crippen LogP contribution in [0.1, 0.15) is 17.2 Å². The van der Waals surface area contributed by atoms with Crippen LogP contribution in [0.2, 0.25) is 0 Å². The Morgan fingerprint density at radius 1 is 1.00 bits per heavy atom. The second kappa shape index (κ2) is 4.97. The molecular weight excluding hydrogens is 212 g/mol. The van der Waals surface area contributed by atoms with Crippen LogP contribution in [0.3, 0.4) is 0 Å². The summed E-state index contributed by atoms with van der Waals surface area (Å²) in [6, 6.07) is 13.4. The van der Waals surface area contributed by atoms with Crippen molar-refractivity contribution in [2.24, 2.45) is 0 Å². The third-order valence-electron chi connectivity index (χ3n) is 2.66. The summed E-state index contributed by atoms with van der Waals surface area (Å²) < 4.78 is 0. The van der Waals surface area contributed by atoms with Crippen LogP contribution < -0.4 is 4.90 Å². The van der Waals surface area contributed by atoms with E-state index in [0.29, 0.717) is 0 Å². The van der Waals surface area contributed by atoms with Crippen molar-refractivity contribution >= 4 is 5.82 Å². The molecule has 0 spiro atoms. The maximum atomic E-state index is 10.2. The van der Waals surface area contributed by atoms with Gasteiger partial charge in [-0.3, -0.25) is 0 Å². The summed E-state index contributed by atoms with van der Waals surface area (Å²) in [5.41, 5.74) is 1.69. The third-order valence-corrected chi connectivity index (χ3v) is 2.66. The minimum atomic E-state index is -0.611. The zero-order valence-corrected chi connectivity index (χ0v) is 10.0. The van der Waals surface area contributed by atoms with Gasteiger partial charge in [-0.25, -0.2) is 4.98 Å². The zero-order chi connectivity index (χ0) is 12.3. The summed E-state index contributed by atoms with van der Waals surface area (Å²) >= 11 is 0. The van der Waals surface area contributed by atoms with E-state index in [-0.39, 0.29) is 0 Å². The fraction of sp³-hybridized carbons (Fsp3) is 0.214. The number of hydrogen-bond acceptors (Lipinski definition) is 3. The molecule has 0 bridgehead atoms. The molecule has 1 atom stereocenters. The number of aliphatic hydroxyl groups is 1. The molecule has 0 radical (unpaired) electrons. The van der Waals surface area contributed by atoms with Gasteiger partial charge >= 0.3 is 0 Å². The number of hydrogen-bond donors (Lipinski definition) is 1. The Morgan fingerprint density at radius 3 is 2.24 bits per heavy atom. The lowest BCUT2D eigenvalue weighted by Crippen LogP contribution is -2.11. The van der Waals surface area contributed by atoms with Gasteiger partial charge in [0.05, 0.1) is 0 Å².